The SMILES string of the molecule is COc1ccccc1-c1nc(-c2ccc(CNC(C)=O)cc2)cs1. The Morgan fingerprint density at radius 1 is 1.17 bits per heavy atom. The quantitative estimate of drug-likeness (QED) is 0.761. The van der Waals surface area contributed by atoms with Crippen LogP contribution in [-0.4, -0.2) is 18.0 Å². The molecule has 2 aromatic carbocycles. The van der Waals surface area contributed by atoms with Gasteiger partial charge in [-0.05, 0) is 17.7 Å². The third-order valence-electron chi connectivity index (χ3n) is 3.63. The predicted octanol–water partition coefficient (Wildman–Crippen LogP) is 4.12. The fourth-order valence-corrected chi connectivity index (χ4v) is 3.23. The number of methoxy groups -OCH3 is 1. The molecular weight excluding hydrogens is 320 g/mol. The zero-order valence-corrected chi connectivity index (χ0v) is 14.4. The molecule has 1 N–H and O–H groups in total. The molecule has 24 heavy (non-hydrogen) atoms. The number of carbonyl (C=O) groups excluding carboxylic acids is 1. The van der Waals surface area contributed by atoms with Crippen LogP contribution in [0.15, 0.2) is 53.9 Å². The van der Waals surface area contributed by atoms with Gasteiger partial charge in [0.05, 0.1) is 18.4 Å². The van der Waals surface area contributed by atoms with Gasteiger partial charge in [0.15, 0.2) is 0 Å². The highest BCUT2D eigenvalue weighted by atomic mass is 32.1. The molecule has 3 aromatic rings. The van der Waals surface area contributed by atoms with E-state index in [1.165, 1.54) is 6.92 Å². The minimum absolute atomic E-state index is 0.0278. The summed E-state index contributed by atoms with van der Waals surface area (Å²) in [5.41, 5.74) is 4.05. The first kappa shape index (κ1) is 16.2. The summed E-state index contributed by atoms with van der Waals surface area (Å²) in [7, 11) is 1.67. The molecule has 0 spiro atoms. The van der Waals surface area contributed by atoms with Gasteiger partial charge in [-0.3, -0.25) is 4.79 Å². The Balaban J connectivity index is 1.81. The molecule has 122 valence electrons. The highest BCUT2D eigenvalue weighted by Crippen LogP contribution is 2.34. The molecule has 0 atom stereocenters. The zero-order valence-electron chi connectivity index (χ0n) is 13.6. The van der Waals surface area contributed by atoms with Crippen molar-refractivity contribution < 1.29 is 9.53 Å². The summed E-state index contributed by atoms with van der Waals surface area (Å²) in [5, 5.41) is 5.77. The number of nitrogens with one attached hydrogen (secondary N) is 1. The van der Waals surface area contributed by atoms with Crippen LogP contribution in [0.3, 0.4) is 0 Å². The molecule has 0 saturated carbocycles. The standard InChI is InChI=1S/C19H18N2O2S/c1-13(22)20-11-14-7-9-15(10-8-14)17-12-24-19(21-17)16-5-3-4-6-18(16)23-2/h3-10,12H,11H2,1-2H3,(H,20,22). The average Bonchev–Trinajstić information content (AvgIpc) is 3.10. The number of hydrogen-bond donors (Lipinski definition) is 1. The number of benzene rings is 2. The van der Waals surface area contributed by atoms with Gasteiger partial charge in [-0.2, -0.15) is 0 Å². The minimum Gasteiger partial charge on any atom is -0.496 e. The van der Waals surface area contributed by atoms with Crippen LogP contribution in [0.4, 0.5) is 0 Å². The van der Waals surface area contributed by atoms with Gasteiger partial charge in [-0.25, -0.2) is 4.98 Å². The van der Waals surface area contributed by atoms with Crippen LogP contribution < -0.4 is 10.1 Å². The van der Waals surface area contributed by atoms with Crippen LogP contribution >= 0.6 is 11.3 Å². The van der Waals surface area contributed by atoms with Gasteiger partial charge in [0, 0.05) is 24.4 Å². The summed E-state index contributed by atoms with van der Waals surface area (Å²) < 4.78 is 5.41. The van der Waals surface area contributed by atoms with E-state index in [9.17, 15) is 4.79 Å². The number of amides is 1. The van der Waals surface area contributed by atoms with Gasteiger partial charge in [0.25, 0.3) is 0 Å². The van der Waals surface area contributed by atoms with Crippen LogP contribution in [0.25, 0.3) is 21.8 Å². The van der Waals surface area contributed by atoms with E-state index in [4.69, 9.17) is 9.72 Å². The van der Waals surface area contributed by atoms with E-state index in [1.807, 2.05) is 53.9 Å². The molecule has 0 aliphatic carbocycles. The molecule has 4 nitrogen and oxygen atoms in total. The number of ether oxygens (including phenoxy) is 1. The summed E-state index contributed by atoms with van der Waals surface area (Å²) in [5.74, 6) is 0.795. The van der Waals surface area contributed by atoms with Crippen molar-refractivity contribution in [2.24, 2.45) is 0 Å². The largest absolute Gasteiger partial charge is 0.496 e. The number of para-hydroxylation sites is 1. The molecule has 1 heterocycles. The fourth-order valence-electron chi connectivity index (χ4n) is 2.37. The molecule has 0 radical (unpaired) electrons. The molecule has 0 unspecified atom stereocenters. The van der Waals surface area contributed by atoms with Crippen molar-refractivity contribution in [3.05, 3.63) is 59.5 Å². The highest BCUT2D eigenvalue weighted by Gasteiger charge is 2.10. The number of nitrogens with zero attached hydrogens (tertiary/aromatic N) is 1. The molecule has 0 fully saturated rings. The Kier molecular flexibility index (Phi) is 4.91. The van der Waals surface area contributed by atoms with Crippen molar-refractivity contribution in [2.75, 3.05) is 7.11 Å². The topological polar surface area (TPSA) is 51.2 Å². The number of carbonyl (C=O) groups is 1. The van der Waals surface area contributed by atoms with Crippen LogP contribution in [0, 0.1) is 0 Å². The van der Waals surface area contributed by atoms with Crippen LogP contribution in [0.2, 0.25) is 0 Å². The molecule has 0 aliphatic rings. The smallest absolute Gasteiger partial charge is 0.217 e. The van der Waals surface area contributed by atoms with Crippen LogP contribution in [0.5, 0.6) is 5.75 Å². The summed E-state index contributed by atoms with van der Waals surface area (Å²) in [4.78, 5) is 15.7. The third kappa shape index (κ3) is 3.63. The Hall–Kier alpha value is -2.66. The zero-order chi connectivity index (χ0) is 16.9. The number of thiazole rings is 1. The number of aromatic nitrogens is 1. The van der Waals surface area contributed by atoms with E-state index in [1.54, 1.807) is 18.4 Å². The maximum absolute atomic E-state index is 11.0. The Labute approximate surface area is 145 Å². The van der Waals surface area contributed by atoms with Crippen molar-refractivity contribution in [3.63, 3.8) is 0 Å². The predicted molar refractivity (Wildman–Crippen MR) is 97.1 cm³/mol. The molecule has 1 amide bonds. The number of hydrogen-bond acceptors (Lipinski definition) is 4. The van der Waals surface area contributed by atoms with E-state index in [2.05, 4.69) is 5.32 Å². The van der Waals surface area contributed by atoms with Crippen LogP contribution in [0.1, 0.15) is 12.5 Å². The van der Waals surface area contributed by atoms with Crippen molar-refractivity contribution in [2.45, 2.75) is 13.5 Å². The lowest BCUT2D eigenvalue weighted by molar-refractivity contribution is -0.119. The molecule has 0 bridgehead atoms. The molecule has 5 heteroatoms. The van der Waals surface area contributed by atoms with Gasteiger partial charge in [-0.15, -0.1) is 11.3 Å². The summed E-state index contributed by atoms with van der Waals surface area (Å²) >= 11 is 1.60. The number of rotatable bonds is 5. The van der Waals surface area contributed by atoms with Crippen molar-refractivity contribution in [1.29, 1.82) is 0 Å². The summed E-state index contributed by atoms with van der Waals surface area (Å²) in [6.45, 7) is 2.06. The second-order valence-electron chi connectivity index (χ2n) is 5.34. The summed E-state index contributed by atoms with van der Waals surface area (Å²) in [6, 6.07) is 15.9. The van der Waals surface area contributed by atoms with Crippen molar-refractivity contribution in [3.8, 4) is 27.6 Å². The molecule has 0 aliphatic heterocycles. The first-order chi connectivity index (χ1) is 11.7. The monoisotopic (exact) mass is 338 g/mol. The average molecular weight is 338 g/mol. The molecule has 3 rings (SSSR count). The van der Waals surface area contributed by atoms with E-state index < -0.39 is 0 Å². The minimum atomic E-state index is -0.0278. The van der Waals surface area contributed by atoms with Gasteiger partial charge in [0.2, 0.25) is 5.91 Å². The molecule has 1 aromatic heterocycles. The molecule has 0 saturated heterocycles. The Morgan fingerprint density at radius 2 is 1.92 bits per heavy atom. The Bertz CT molecular complexity index is 841. The lowest BCUT2D eigenvalue weighted by Gasteiger charge is -2.05. The lowest BCUT2D eigenvalue weighted by atomic mass is 10.1. The molecular formula is C19H18N2O2S. The first-order valence-corrected chi connectivity index (χ1v) is 8.48. The van der Waals surface area contributed by atoms with E-state index >= 15 is 0 Å². The highest BCUT2D eigenvalue weighted by molar-refractivity contribution is 7.13. The second kappa shape index (κ2) is 7.27. The van der Waals surface area contributed by atoms with Crippen molar-refractivity contribution in [1.82, 2.24) is 10.3 Å². The van der Waals surface area contributed by atoms with E-state index in [0.29, 0.717) is 6.54 Å². The van der Waals surface area contributed by atoms with Gasteiger partial charge < -0.3 is 10.1 Å². The van der Waals surface area contributed by atoms with E-state index in [0.717, 1.165) is 33.1 Å². The normalized spacial score (nSPS) is 10.4. The van der Waals surface area contributed by atoms with Gasteiger partial charge in [-0.1, -0.05) is 36.4 Å². The second-order valence-corrected chi connectivity index (χ2v) is 6.20. The lowest BCUT2D eigenvalue weighted by Crippen LogP contribution is -2.18. The fraction of sp³-hybridized carbons (Fsp3) is 0.158. The maximum Gasteiger partial charge on any atom is 0.217 e. The summed E-state index contributed by atoms with van der Waals surface area (Å²) in [6.07, 6.45) is 0. The van der Waals surface area contributed by atoms with E-state index in [-0.39, 0.29) is 5.91 Å². The van der Waals surface area contributed by atoms with Crippen LogP contribution in [-0.2, 0) is 11.3 Å². The van der Waals surface area contributed by atoms with Gasteiger partial charge in [0.1, 0.15) is 10.8 Å². The van der Waals surface area contributed by atoms with Gasteiger partial charge >= 0.3 is 0 Å². The third-order valence-corrected chi connectivity index (χ3v) is 4.51. The first-order valence-electron chi connectivity index (χ1n) is 7.60. The Morgan fingerprint density at radius 3 is 2.62 bits per heavy atom. The van der Waals surface area contributed by atoms with Crippen molar-refractivity contribution >= 4 is 17.2 Å². The maximum atomic E-state index is 11.0.